The minimum atomic E-state index is -1.12. The highest BCUT2D eigenvalue weighted by Crippen LogP contribution is 2.25. The molecule has 0 spiro atoms. The maximum absolute atomic E-state index is 12.7. The van der Waals surface area contributed by atoms with Gasteiger partial charge in [0.15, 0.2) is 0 Å². The molecule has 0 aromatic heterocycles. The summed E-state index contributed by atoms with van der Waals surface area (Å²) in [6, 6.07) is 18.0. The molecule has 30 heavy (non-hydrogen) atoms. The van der Waals surface area contributed by atoms with E-state index in [1.807, 2.05) is 42.5 Å². The van der Waals surface area contributed by atoms with Crippen molar-refractivity contribution in [2.75, 3.05) is 13.2 Å². The van der Waals surface area contributed by atoms with Gasteiger partial charge < -0.3 is 10.1 Å². The Kier molecular flexibility index (Phi) is 5.48. The standard InChI is InChI=1S/C24H23N3O3/c1-24(17-22(28)27-15-6-5-9-21(27)26-24)23(29)25-14-16-30-20-12-10-19(11-13-20)18-7-3-2-4-8-18/h2-13,15H,14,16-17H2,1H3,(H,25,29). The molecule has 0 radical (unpaired) electrons. The number of ether oxygens (including phenoxy) is 1. The van der Waals surface area contributed by atoms with E-state index in [-0.39, 0.29) is 18.2 Å². The van der Waals surface area contributed by atoms with E-state index < -0.39 is 5.54 Å². The van der Waals surface area contributed by atoms with Crippen molar-refractivity contribution in [3.63, 3.8) is 0 Å². The number of hydrogen-bond acceptors (Lipinski definition) is 4. The molecule has 1 N–H and O–H groups in total. The second kappa shape index (κ2) is 8.37. The molecule has 152 valence electrons. The van der Waals surface area contributed by atoms with Crippen LogP contribution in [0.4, 0.5) is 0 Å². The zero-order valence-corrected chi connectivity index (χ0v) is 16.7. The summed E-state index contributed by atoms with van der Waals surface area (Å²) in [4.78, 5) is 31.0. The fourth-order valence-electron chi connectivity index (χ4n) is 3.44. The molecule has 0 fully saturated rings. The van der Waals surface area contributed by atoms with Crippen molar-refractivity contribution in [1.29, 1.82) is 0 Å². The van der Waals surface area contributed by atoms with Crippen LogP contribution in [0.15, 0.2) is 84.0 Å². The number of carbonyl (C=O) groups excluding carboxylic acids is 2. The molecular weight excluding hydrogens is 378 g/mol. The van der Waals surface area contributed by atoms with Crippen molar-refractivity contribution < 1.29 is 14.3 Å². The van der Waals surface area contributed by atoms with E-state index in [4.69, 9.17) is 4.74 Å². The molecule has 2 aliphatic heterocycles. The number of amidine groups is 1. The van der Waals surface area contributed by atoms with Crippen LogP contribution in [-0.4, -0.2) is 41.2 Å². The molecule has 4 rings (SSSR count). The predicted molar refractivity (Wildman–Crippen MR) is 116 cm³/mol. The van der Waals surface area contributed by atoms with Crippen LogP contribution in [0.2, 0.25) is 0 Å². The van der Waals surface area contributed by atoms with Gasteiger partial charge in [-0.3, -0.25) is 19.5 Å². The minimum Gasteiger partial charge on any atom is -0.492 e. The van der Waals surface area contributed by atoms with Gasteiger partial charge in [-0.25, -0.2) is 0 Å². The van der Waals surface area contributed by atoms with E-state index in [0.717, 1.165) is 16.9 Å². The summed E-state index contributed by atoms with van der Waals surface area (Å²) in [5, 5.41) is 2.83. The fraction of sp³-hybridized carbons (Fsp3) is 0.208. The SMILES string of the molecule is CC1(C(=O)NCCOc2ccc(-c3ccccc3)cc2)CC(=O)N2C=CC=CC2=N1. The highest BCUT2D eigenvalue weighted by molar-refractivity contribution is 6.11. The first kappa shape index (κ1) is 19.6. The van der Waals surface area contributed by atoms with Gasteiger partial charge in [-0.05, 0) is 42.3 Å². The number of allylic oxidation sites excluding steroid dienone is 2. The van der Waals surface area contributed by atoms with Crippen LogP contribution in [-0.2, 0) is 9.59 Å². The molecule has 0 aliphatic carbocycles. The highest BCUT2D eigenvalue weighted by atomic mass is 16.5. The lowest BCUT2D eigenvalue weighted by atomic mass is 9.94. The van der Waals surface area contributed by atoms with Crippen molar-refractivity contribution in [2.45, 2.75) is 18.9 Å². The van der Waals surface area contributed by atoms with E-state index in [1.165, 1.54) is 4.90 Å². The van der Waals surface area contributed by atoms with Gasteiger partial charge >= 0.3 is 0 Å². The Bertz CT molecular complexity index is 1030. The molecule has 0 bridgehead atoms. The van der Waals surface area contributed by atoms with Gasteiger partial charge in [0, 0.05) is 6.20 Å². The zero-order chi connectivity index (χ0) is 21.0. The van der Waals surface area contributed by atoms with Crippen molar-refractivity contribution in [3.05, 3.63) is 79.0 Å². The number of nitrogens with one attached hydrogen (secondary N) is 1. The average molecular weight is 401 g/mol. The van der Waals surface area contributed by atoms with Crippen molar-refractivity contribution in [3.8, 4) is 16.9 Å². The van der Waals surface area contributed by atoms with E-state index in [0.29, 0.717) is 19.0 Å². The number of carbonyl (C=O) groups is 2. The first-order valence-corrected chi connectivity index (χ1v) is 9.89. The molecule has 0 saturated carbocycles. The monoisotopic (exact) mass is 401 g/mol. The van der Waals surface area contributed by atoms with Gasteiger partial charge in [-0.1, -0.05) is 48.5 Å². The second-order valence-electron chi connectivity index (χ2n) is 7.38. The summed E-state index contributed by atoms with van der Waals surface area (Å²) in [6.07, 6.45) is 6.98. The van der Waals surface area contributed by atoms with Crippen molar-refractivity contribution in [2.24, 2.45) is 4.99 Å². The summed E-state index contributed by atoms with van der Waals surface area (Å²) in [5.41, 5.74) is 1.15. The first-order chi connectivity index (χ1) is 14.5. The molecule has 2 aliphatic rings. The molecule has 6 heteroatoms. The number of aliphatic imine (C=N–C) groups is 1. The third kappa shape index (κ3) is 4.17. The van der Waals surface area contributed by atoms with Crippen molar-refractivity contribution in [1.82, 2.24) is 10.2 Å². The molecule has 2 aromatic rings. The van der Waals surface area contributed by atoms with Crippen LogP contribution >= 0.6 is 0 Å². The van der Waals surface area contributed by atoms with Crippen molar-refractivity contribution >= 4 is 17.6 Å². The van der Waals surface area contributed by atoms with Crippen LogP contribution in [0.25, 0.3) is 11.1 Å². The predicted octanol–water partition coefficient (Wildman–Crippen LogP) is 3.32. The van der Waals surface area contributed by atoms with Crippen LogP contribution in [0.3, 0.4) is 0 Å². The summed E-state index contributed by atoms with van der Waals surface area (Å²) in [5.74, 6) is 0.793. The molecule has 2 heterocycles. The maximum Gasteiger partial charge on any atom is 0.248 e. The zero-order valence-electron chi connectivity index (χ0n) is 16.7. The Morgan fingerprint density at radius 2 is 1.83 bits per heavy atom. The van der Waals surface area contributed by atoms with Gasteiger partial charge in [0.05, 0.1) is 13.0 Å². The summed E-state index contributed by atoms with van der Waals surface area (Å²) in [6.45, 7) is 2.33. The topological polar surface area (TPSA) is 71.0 Å². The summed E-state index contributed by atoms with van der Waals surface area (Å²) >= 11 is 0. The van der Waals surface area contributed by atoms with Gasteiger partial charge in [0.1, 0.15) is 23.7 Å². The number of benzene rings is 2. The van der Waals surface area contributed by atoms with Crippen LogP contribution in [0, 0.1) is 0 Å². The third-order valence-electron chi connectivity index (χ3n) is 5.07. The lowest BCUT2D eigenvalue weighted by molar-refractivity contribution is -0.134. The fourth-order valence-corrected chi connectivity index (χ4v) is 3.44. The van der Waals surface area contributed by atoms with E-state index in [1.54, 1.807) is 31.4 Å². The second-order valence-corrected chi connectivity index (χ2v) is 7.38. The van der Waals surface area contributed by atoms with Crippen LogP contribution < -0.4 is 10.1 Å². The van der Waals surface area contributed by atoms with E-state index in [9.17, 15) is 9.59 Å². The Balaban J connectivity index is 1.29. The molecule has 1 unspecified atom stereocenters. The molecule has 1 atom stereocenters. The smallest absolute Gasteiger partial charge is 0.248 e. The third-order valence-corrected chi connectivity index (χ3v) is 5.07. The van der Waals surface area contributed by atoms with Gasteiger partial charge in [-0.2, -0.15) is 0 Å². The molecular formula is C24H23N3O3. The van der Waals surface area contributed by atoms with Crippen LogP contribution in [0.1, 0.15) is 13.3 Å². The maximum atomic E-state index is 12.7. The number of amides is 2. The number of nitrogens with zero attached hydrogens (tertiary/aromatic N) is 2. The summed E-state index contributed by atoms with van der Waals surface area (Å²) < 4.78 is 5.73. The average Bonchev–Trinajstić information content (AvgIpc) is 2.77. The Hall–Kier alpha value is -3.67. The Morgan fingerprint density at radius 3 is 2.60 bits per heavy atom. The highest BCUT2D eigenvalue weighted by Gasteiger charge is 2.41. The number of fused-ring (bicyclic) bond motifs is 1. The lowest BCUT2D eigenvalue weighted by Crippen LogP contribution is -2.52. The Morgan fingerprint density at radius 1 is 1.10 bits per heavy atom. The minimum absolute atomic E-state index is 0.0301. The van der Waals surface area contributed by atoms with Gasteiger partial charge in [-0.15, -0.1) is 0 Å². The Labute approximate surface area is 175 Å². The lowest BCUT2D eigenvalue weighted by Gasteiger charge is -2.33. The first-order valence-electron chi connectivity index (χ1n) is 9.89. The molecule has 0 saturated heterocycles. The quantitative estimate of drug-likeness (QED) is 0.755. The molecule has 2 aromatic carbocycles. The van der Waals surface area contributed by atoms with E-state index >= 15 is 0 Å². The molecule has 2 amide bonds. The van der Waals surface area contributed by atoms with Gasteiger partial charge in [0.25, 0.3) is 0 Å². The number of rotatable bonds is 6. The largest absolute Gasteiger partial charge is 0.492 e. The van der Waals surface area contributed by atoms with Gasteiger partial charge in [0.2, 0.25) is 11.8 Å². The van der Waals surface area contributed by atoms with Crippen LogP contribution in [0.5, 0.6) is 5.75 Å². The summed E-state index contributed by atoms with van der Waals surface area (Å²) in [7, 11) is 0. The normalized spacial score (nSPS) is 19.8. The van der Waals surface area contributed by atoms with E-state index in [2.05, 4.69) is 22.4 Å². The number of hydrogen-bond donors (Lipinski definition) is 1. The molecule has 6 nitrogen and oxygen atoms in total.